The van der Waals surface area contributed by atoms with E-state index >= 15 is 0 Å². The van der Waals surface area contributed by atoms with Crippen molar-refractivity contribution in [2.24, 2.45) is 17.8 Å². The van der Waals surface area contributed by atoms with Crippen LogP contribution in [0.1, 0.15) is 53.4 Å². The lowest BCUT2D eigenvalue weighted by molar-refractivity contribution is -0.0580. The molecule has 0 heterocycles. The lowest BCUT2D eigenvalue weighted by atomic mass is 9.75. The first-order chi connectivity index (χ1) is 8.15. The molecular weight excluding hydrogens is 212 g/mol. The minimum Gasteiger partial charge on any atom is -0.379 e. The van der Waals surface area contributed by atoms with E-state index in [0.717, 1.165) is 44.0 Å². The molecule has 0 N–H and O–H groups in total. The Balaban J connectivity index is 2.26. The third-order valence-corrected chi connectivity index (χ3v) is 3.87. The summed E-state index contributed by atoms with van der Waals surface area (Å²) in [5.41, 5.74) is 0. The first-order valence-electron chi connectivity index (χ1n) is 7.34. The second kappa shape index (κ2) is 8.10. The zero-order valence-corrected chi connectivity index (χ0v) is 12.1. The molecule has 1 fully saturated rings. The van der Waals surface area contributed by atoms with Gasteiger partial charge in [0.05, 0.1) is 19.3 Å². The molecule has 17 heavy (non-hydrogen) atoms. The van der Waals surface area contributed by atoms with Crippen molar-refractivity contribution in [3.05, 3.63) is 0 Å². The second-order valence-electron chi connectivity index (χ2n) is 5.85. The van der Waals surface area contributed by atoms with Crippen LogP contribution in [0, 0.1) is 17.8 Å². The minimum absolute atomic E-state index is 0.462. The van der Waals surface area contributed by atoms with Crippen molar-refractivity contribution in [3.63, 3.8) is 0 Å². The molecular formula is C15H30O2. The number of rotatable bonds is 7. The predicted octanol–water partition coefficient (Wildman–Crippen LogP) is 3.89. The summed E-state index contributed by atoms with van der Waals surface area (Å²) >= 11 is 0. The molecule has 2 nitrogen and oxygen atoms in total. The van der Waals surface area contributed by atoms with Gasteiger partial charge in [-0.1, -0.05) is 34.1 Å². The number of ether oxygens (including phenoxy) is 2. The summed E-state index contributed by atoms with van der Waals surface area (Å²) < 4.78 is 11.5. The zero-order valence-electron chi connectivity index (χ0n) is 12.1. The van der Waals surface area contributed by atoms with Crippen molar-refractivity contribution in [1.82, 2.24) is 0 Å². The van der Waals surface area contributed by atoms with E-state index in [-0.39, 0.29) is 0 Å². The van der Waals surface area contributed by atoms with Gasteiger partial charge in [-0.05, 0) is 37.0 Å². The van der Waals surface area contributed by atoms with Crippen molar-refractivity contribution < 1.29 is 9.47 Å². The molecule has 0 bridgehead atoms. The molecule has 0 amide bonds. The molecule has 3 unspecified atom stereocenters. The standard InChI is InChI=1S/C15H30O2/c1-5-8-16-9-10-17-15-11-13(4)6-7-14(15)12(2)3/h12-15H,5-11H2,1-4H3. The Morgan fingerprint density at radius 2 is 1.88 bits per heavy atom. The average Bonchev–Trinajstić information content (AvgIpc) is 2.28. The Labute approximate surface area is 107 Å². The lowest BCUT2D eigenvalue weighted by Gasteiger charge is -2.37. The highest BCUT2D eigenvalue weighted by Crippen LogP contribution is 2.35. The SMILES string of the molecule is CCCOCCOC1CC(C)CCC1C(C)C. The van der Waals surface area contributed by atoms with Crippen LogP contribution in [-0.4, -0.2) is 25.9 Å². The summed E-state index contributed by atoms with van der Waals surface area (Å²) in [5.74, 6) is 2.31. The maximum Gasteiger partial charge on any atom is 0.0704 e. The normalized spacial score (nSPS) is 29.8. The minimum atomic E-state index is 0.462. The van der Waals surface area contributed by atoms with E-state index in [2.05, 4.69) is 27.7 Å². The molecule has 0 aromatic rings. The van der Waals surface area contributed by atoms with Crippen molar-refractivity contribution in [2.75, 3.05) is 19.8 Å². The van der Waals surface area contributed by atoms with E-state index < -0.39 is 0 Å². The van der Waals surface area contributed by atoms with Gasteiger partial charge in [-0.25, -0.2) is 0 Å². The largest absolute Gasteiger partial charge is 0.379 e. The molecule has 3 atom stereocenters. The van der Waals surface area contributed by atoms with Crippen LogP contribution in [0.3, 0.4) is 0 Å². The maximum absolute atomic E-state index is 6.05. The summed E-state index contributed by atoms with van der Waals surface area (Å²) in [6.45, 7) is 11.5. The lowest BCUT2D eigenvalue weighted by Crippen LogP contribution is -2.35. The van der Waals surface area contributed by atoms with Gasteiger partial charge in [0.2, 0.25) is 0 Å². The molecule has 1 rings (SSSR count). The fourth-order valence-corrected chi connectivity index (χ4v) is 2.81. The summed E-state index contributed by atoms with van der Waals surface area (Å²) in [7, 11) is 0. The molecule has 102 valence electrons. The van der Waals surface area contributed by atoms with Crippen molar-refractivity contribution in [3.8, 4) is 0 Å². The molecule has 1 aliphatic carbocycles. The van der Waals surface area contributed by atoms with Gasteiger partial charge in [-0.3, -0.25) is 0 Å². The van der Waals surface area contributed by atoms with E-state index in [1.165, 1.54) is 19.3 Å². The van der Waals surface area contributed by atoms with Crippen molar-refractivity contribution >= 4 is 0 Å². The third-order valence-electron chi connectivity index (χ3n) is 3.87. The van der Waals surface area contributed by atoms with Gasteiger partial charge in [0.1, 0.15) is 0 Å². The van der Waals surface area contributed by atoms with Crippen LogP contribution in [0.15, 0.2) is 0 Å². The Morgan fingerprint density at radius 3 is 2.53 bits per heavy atom. The Kier molecular flexibility index (Phi) is 7.14. The van der Waals surface area contributed by atoms with E-state index in [4.69, 9.17) is 9.47 Å². The molecule has 0 aromatic carbocycles. The quantitative estimate of drug-likeness (QED) is 0.631. The fraction of sp³-hybridized carbons (Fsp3) is 1.00. The highest BCUT2D eigenvalue weighted by atomic mass is 16.5. The van der Waals surface area contributed by atoms with Crippen LogP contribution in [0.5, 0.6) is 0 Å². The molecule has 1 saturated carbocycles. The average molecular weight is 242 g/mol. The summed E-state index contributed by atoms with van der Waals surface area (Å²) in [6, 6.07) is 0. The van der Waals surface area contributed by atoms with Crippen LogP contribution in [0.4, 0.5) is 0 Å². The molecule has 0 spiro atoms. The van der Waals surface area contributed by atoms with E-state index in [1.807, 2.05) is 0 Å². The van der Waals surface area contributed by atoms with Crippen molar-refractivity contribution in [1.29, 1.82) is 0 Å². The smallest absolute Gasteiger partial charge is 0.0704 e. The van der Waals surface area contributed by atoms with Crippen LogP contribution in [0.25, 0.3) is 0 Å². The highest BCUT2D eigenvalue weighted by Gasteiger charge is 2.31. The van der Waals surface area contributed by atoms with Gasteiger partial charge in [-0.2, -0.15) is 0 Å². The van der Waals surface area contributed by atoms with Crippen molar-refractivity contribution in [2.45, 2.75) is 59.5 Å². The number of hydrogen-bond donors (Lipinski definition) is 0. The van der Waals surface area contributed by atoms with Crippen LogP contribution >= 0.6 is 0 Å². The molecule has 1 aliphatic rings. The van der Waals surface area contributed by atoms with Crippen LogP contribution in [0.2, 0.25) is 0 Å². The highest BCUT2D eigenvalue weighted by molar-refractivity contribution is 4.81. The summed E-state index contributed by atoms with van der Waals surface area (Å²) in [6.07, 6.45) is 5.49. The topological polar surface area (TPSA) is 18.5 Å². The van der Waals surface area contributed by atoms with Gasteiger partial charge < -0.3 is 9.47 Å². The van der Waals surface area contributed by atoms with Gasteiger partial charge in [-0.15, -0.1) is 0 Å². The van der Waals surface area contributed by atoms with E-state index in [0.29, 0.717) is 6.10 Å². The second-order valence-corrected chi connectivity index (χ2v) is 5.85. The molecule has 0 radical (unpaired) electrons. The third kappa shape index (κ3) is 5.39. The van der Waals surface area contributed by atoms with Gasteiger partial charge in [0, 0.05) is 6.61 Å². The van der Waals surface area contributed by atoms with Crippen LogP contribution in [-0.2, 0) is 9.47 Å². The molecule has 2 heteroatoms. The Hall–Kier alpha value is -0.0800. The van der Waals surface area contributed by atoms with Gasteiger partial charge in [0.25, 0.3) is 0 Å². The number of hydrogen-bond acceptors (Lipinski definition) is 2. The molecule has 0 saturated heterocycles. The maximum atomic E-state index is 6.05. The summed E-state index contributed by atoms with van der Waals surface area (Å²) in [4.78, 5) is 0. The molecule has 0 aliphatic heterocycles. The van der Waals surface area contributed by atoms with Crippen LogP contribution < -0.4 is 0 Å². The van der Waals surface area contributed by atoms with Gasteiger partial charge in [0.15, 0.2) is 0 Å². The van der Waals surface area contributed by atoms with E-state index in [9.17, 15) is 0 Å². The van der Waals surface area contributed by atoms with E-state index in [1.54, 1.807) is 0 Å². The zero-order chi connectivity index (χ0) is 12.7. The monoisotopic (exact) mass is 242 g/mol. The Bertz CT molecular complexity index is 191. The van der Waals surface area contributed by atoms with Gasteiger partial charge >= 0.3 is 0 Å². The first kappa shape index (κ1) is 15.0. The summed E-state index contributed by atoms with van der Waals surface area (Å²) in [5, 5.41) is 0. The Morgan fingerprint density at radius 1 is 1.12 bits per heavy atom. The molecule has 0 aromatic heterocycles. The first-order valence-corrected chi connectivity index (χ1v) is 7.34. The predicted molar refractivity (Wildman–Crippen MR) is 72.2 cm³/mol. The fourth-order valence-electron chi connectivity index (χ4n) is 2.81.